The number of carbonyl (C=O) groups is 1. The lowest BCUT2D eigenvalue weighted by molar-refractivity contribution is -0.125. The molecule has 142 valence electrons. The summed E-state index contributed by atoms with van der Waals surface area (Å²) in [5.74, 6) is 0.0390. The summed E-state index contributed by atoms with van der Waals surface area (Å²) < 4.78 is 0. The second-order valence-electron chi connectivity index (χ2n) is 8.92. The third-order valence-corrected chi connectivity index (χ3v) is 4.99. The van der Waals surface area contributed by atoms with Crippen LogP contribution in [-0.2, 0) is 10.2 Å². The Balaban J connectivity index is 3.05. The van der Waals surface area contributed by atoms with Crippen LogP contribution >= 0.6 is 0 Å². The Kier molecular flexibility index (Phi) is 7.07. The number of carbonyl (C=O) groups excluding carboxylic acids is 1. The lowest BCUT2D eigenvalue weighted by atomic mass is 9.76. The van der Waals surface area contributed by atoms with E-state index in [2.05, 4.69) is 89.5 Å². The normalized spacial score (nSPS) is 15.0. The maximum Gasteiger partial charge on any atom is 0.238 e. The first kappa shape index (κ1) is 21.5. The molecule has 0 aliphatic carbocycles. The zero-order chi connectivity index (χ0) is 19.4. The van der Waals surface area contributed by atoms with Crippen molar-refractivity contribution in [3.05, 3.63) is 29.8 Å². The molecule has 1 aromatic rings. The smallest absolute Gasteiger partial charge is 0.238 e. The molecule has 0 aliphatic heterocycles. The minimum Gasteiger partial charge on any atom is -0.383 e. The van der Waals surface area contributed by atoms with E-state index < -0.39 is 0 Å². The fourth-order valence-electron chi connectivity index (χ4n) is 2.84. The van der Waals surface area contributed by atoms with E-state index in [9.17, 15) is 4.79 Å². The monoisotopic (exact) mass is 347 g/mol. The topological polar surface area (TPSA) is 53.2 Å². The lowest BCUT2D eigenvalue weighted by Crippen LogP contribution is -2.56. The summed E-state index contributed by atoms with van der Waals surface area (Å²) in [6, 6.07) is 8.50. The molecule has 4 nitrogen and oxygen atoms in total. The first-order chi connectivity index (χ1) is 11.4. The van der Waals surface area contributed by atoms with Crippen LogP contribution in [0.25, 0.3) is 0 Å². The molecule has 2 unspecified atom stereocenters. The molecule has 0 aromatic heterocycles. The third kappa shape index (κ3) is 5.74. The van der Waals surface area contributed by atoms with Crippen molar-refractivity contribution in [2.45, 2.75) is 78.9 Å². The van der Waals surface area contributed by atoms with Crippen molar-refractivity contribution in [2.24, 2.45) is 5.41 Å². The number of anilines is 1. The Bertz CT molecular complexity index is 573. The quantitative estimate of drug-likeness (QED) is 0.700. The number of likely N-dealkylation sites (N-methyl/N-ethyl adjacent to an activating group) is 1. The summed E-state index contributed by atoms with van der Waals surface area (Å²) in [4.78, 5) is 12.9. The Labute approximate surface area is 154 Å². The van der Waals surface area contributed by atoms with Gasteiger partial charge < -0.3 is 16.0 Å². The van der Waals surface area contributed by atoms with E-state index in [4.69, 9.17) is 0 Å². The average molecular weight is 348 g/mol. The fourth-order valence-corrected chi connectivity index (χ4v) is 2.84. The molecule has 25 heavy (non-hydrogen) atoms. The molecule has 0 heterocycles. The second-order valence-corrected chi connectivity index (χ2v) is 8.92. The number of hydrogen-bond acceptors (Lipinski definition) is 3. The van der Waals surface area contributed by atoms with Crippen molar-refractivity contribution in [3.63, 3.8) is 0 Å². The Hall–Kier alpha value is -1.55. The molecule has 2 atom stereocenters. The largest absolute Gasteiger partial charge is 0.383 e. The van der Waals surface area contributed by atoms with E-state index in [-0.39, 0.29) is 28.8 Å². The number of hydrogen-bond donors (Lipinski definition) is 3. The highest BCUT2D eigenvalue weighted by molar-refractivity contribution is 5.84. The SMILES string of the molecule is CNC(C(=O)NC(C)C(C)(C)C)C(C)(C)c1cccc(NC(C)C)c1. The van der Waals surface area contributed by atoms with Crippen molar-refractivity contribution >= 4 is 11.6 Å². The second kappa shape index (κ2) is 8.22. The van der Waals surface area contributed by atoms with Crippen molar-refractivity contribution < 1.29 is 4.79 Å². The van der Waals surface area contributed by atoms with Crippen molar-refractivity contribution in [3.8, 4) is 0 Å². The first-order valence-corrected chi connectivity index (χ1v) is 9.24. The summed E-state index contributed by atoms with van der Waals surface area (Å²) in [6.07, 6.45) is 0. The first-order valence-electron chi connectivity index (χ1n) is 9.24. The van der Waals surface area contributed by atoms with Gasteiger partial charge in [0.25, 0.3) is 0 Å². The van der Waals surface area contributed by atoms with E-state index in [0.29, 0.717) is 6.04 Å². The van der Waals surface area contributed by atoms with Crippen LogP contribution in [0.15, 0.2) is 24.3 Å². The zero-order valence-electron chi connectivity index (χ0n) is 17.4. The molecular weight excluding hydrogens is 310 g/mol. The summed E-state index contributed by atoms with van der Waals surface area (Å²) in [6.45, 7) is 16.9. The average Bonchev–Trinajstić information content (AvgIpc) is 2.46. The third-order valence-electron chi connectivity index (χ3n) is 4.99. The summed E-state index contributed by atoms with van der Waals surface area (Å²) in [5.41, 5.74) is 1.90. The fraction of sp³-hybridized carbons (Fsp3) is 0.667. The van der Waals surface area contributed by atoms with Gasteiger partial charge in [0.15, 0.2) is 0 Å². The van der Waals surface area contributed by atoms with Crippen LogP contribution in [0.2, 0.25) is 0 Å². The molecule has 0 aliphatic rings. The molecule has 0 fully saturated rings. The van der Waals surface area contributed by atoms with Crippen LogP contribution in [0.1, 0.15) is 61.0 Å². The molecular formula is C21H37N3O. The summed E-state index contributed by atoms with van der Waals surface area (Å²) in [5, 5.41) is 9.84. The van der Waals surface area contributed by atoms with Crippen LogP contribution < -0.4 is 16.0 Å². The van der Waals surface area contributed by atoms with Gasteiger partial charge in [-0.15, -0.1) is 0 Å². The molecule has 1 aromatic carbocycles. The van der Waals surface area contributed by atoms with Crippen LogP contribution in [-0.4, -0.2) is 31.1 Å². The Morgan fingerprint density at radius 2 is 1.64 bits per heavy atom. The highest BCUT2D eigenvalue weighted by Gasteiger charge is 2.37. The van der Waals surface area contributed by atoms with Crippen LogP contribution in [0.4, 0.5) is 5.69 Å². The van der Waals surface area contributed by atoms with Crippen molar-refractivity contribution in [2.75, 3.05) is 12.4 Å². The van der Waals surface area contributed by atoms with Gasteiger partial charge in [0, 0.05) is 23.2 Å². The van der Waals surface area contributed by atoms with Gasteiger partial charge in [-0.25, -0.2) is 0 Å². The molecule has 3 N–H and O–H groups in total. The van der Waals surface area contributed by atoms with Gasteiger partial charge in [0.05, 0.1) is 6.04 Å². The molecule has 0 saturated carbocycles. The number of amides is 1. The minimum atomic E-state index is -0.342. The van der Waals surface area contributed by atoms with Crippen LogP contribution in [0.3, 0.4) is 0 Å². The van der Waals surface area contributed by atoms with E-state index in [1.54, 1.807) is 0 Å². The highest BCUT2D eigenvalue weighted by atomic mass is 16.2. The predicted octanol–water partition coefficient (Wildman–Crippen LogP) is 3.92. The standard InChI is InChI=1S/C21H37N3O/c1-14(2)23-17-12-10-11-16(13-17)21(7,8)18(22-9)19(25)24-15(3)20(4,5)6/h10-15,18,22-23H,1-9H3,(H,24,25). The lowest BCUT2D eigenvalue weighted by Gasteiger charge is -2.36. The number of nitrogens with one attached hydrogen (secondary N) is 3. The van der Waals surface area contributed by atoms with E-state index in [0.717, 1.165) is 11.3 Å². The zero-order valence-corrected chi connectivity index (χ0v) is 17.4. The highest BCUT2D eigenvalue weighted by Crippen LogP contribution is 2.30. The van der Waals surface area contributed by atoms with Crippen molar-refractivity contribution in [1.82, 2.24) is 10.6 Å². The maximum absolute atomic E-state index is 12.9. The van der Waals surface area contributed by atoms with Gasteiger partial charge >= 0.3 is 0 Å². The van der Waals surface area contributed by atoms with Gasteiger partial charge in [-0.05, 0) is 50.9 Å². The van der Waals surface area contributed by atoms with E-state index >= 15 is 0 Å². The Morgan fingerprint density at radius 3 is 2.12 bits per heavy atom. The molecule has 4 heteroatoms. The van der Waals surface area contributed by atoms with Crippen LogP contribution in [0.5, 0.6) is 0 Å². The Morgan fingerprint density at radius 1 is 1.04 bits per heavy atom. The van der Waals surface area contributed by atoms with Gasteiger partial charge in [0.2, 0.25) is 5.91 Å². The number of rotatable bonds is 7. The van der Waals surface area contributed by atoms with Crippen LogP contribution in [0, 0.1) is 5.41 Å². The maximum atomic E-state index is 12.9. The molecule has 0 spiro atoms. The van der Waals surface area contributed by atoms with E-state index in [1.807, 2.05) is 13.1 Å². The van der Waals surface area contributed by atoms with Gasteiger partial charge in [-0.1, -0.05) is 46.8 Å². The molecule has 0 saturated heterocycles. The van der Waals surface area contributed by atoms with Gasteiger partial charge in [-0.3, -0.25) is 4.79 Å². The van der Waals surface area contributed by atoms with Gasteiger partial charge in [-0.2, -0.15) is 0 Å². The van der Waals surface area contributed by atoms with Gasteiger partial charge in [0.1, 0.15) is 0 Å². The summed E-state index contributed by atoms with van der Waals surface area (Å²) in [7, 11) is 1.85. The number of benzene rings is 1. The predicted molar refractivity (Wildman–Crippen MR) is 108 cm³/mol. The summed E-state index contributed by atoms with van der Waals surface area (Å²) >= 11 is 0. The van der Waals surface area contributed by atoms with Crippen molar-refractivity contribution in [1.29, 1.82) is 0 Å². The molecule has 0 bridgehead atoms. The molecule has 1 rings (SSSR count). The minimum absolute atomic E-state index is 0.0270. The molecule has 1 amide bonds. The van der Waals surface area contributed by atoms with E-state index in [1.165, 1.54) is 0 Å². The molecule has 0 radical (unpaired) electrons.